The second-order valence-corrected chi connectivity index (χ2v) is 5.12. The largest absolute Gasteiger partial charge is 0.312 e. The first kappa shape index (κ1) is 11.9. The quantitative estimate of drug-likeness (QED) is 0.769. The van der Waals surface area contributed by atoms with Crippen molar-refractivity contribution in [2.75, 3.05) is 0 Å². The highest BCUT2D eigenvalue weighted by molar-refractivity contribution is 5.82. The summed E-state index contributed by atoms with van der Waals surface area (Å²) < 4.78 is 1.78. The molecule has 2 aromatic rings. The van der Waals surface area contributed by atoms with Gasteiger partial charge in [0.1, 0.15) is 0 Å². The molecule has 0 fully saturated rings. The summed E-state index contributed by atoms with van der Waals surface area (Å²) in [7, 11) is 0. The number of aromatic nitrogens is 1. The van der Waals surface area contributed by atoms with E-state index in [0.29, 0.717) is 5.92 Å². The van der Waals surface area contributed by atoms with Crippen LogP contribution in [0, 0.1) is 0 Å². The molecule has 2 rings (SSSR count). The third-order valence-corrected chi connectivity index (χ3v) is 3.18. The SMILES string of the molecule is CC(C)c1ccc2c(=O)n(C(C)C)ccc2c1. The molecule has 0 saturated heterocycles. The van der Waals surface area contributed by atoms with Crippen molar-refractivity contribution in [1.29, 1.82) is 0 Å². The van der Waals surface area contributed by atoms with Gasteiger partial charge in [-0.2, -0.15) is 0 Å². The topological polar surface area (TPSA) is 22.0 Å². The van der Waals surface area contributed by atoms with E-state index in [1.54, 1.807) is 4.57 Å². The van der Waals surface area contributed by atoms with Gasteiger partial charge < -0.3 is 4.57 Å². The van der Waals surface area contributed by atoms with Crippen LogP contribution in [0.4, 0.5) is 0 Å². The van der Waals surface area contributed by atoms with Crippen molar-refractivity contribution in [3.8, 4) is 0 Å². The summed E-state index contributed by atoms with van der Waals surface area (Å²) in [5, 5.41) is 1.85. The minimum atomic E-state index is 0.104. The Kier molecular flexibility index (Phi) is 3.05. The predicted octanol–water partition coefficient (Wildman–Crippen LogP) is 3.71. The molecule has 0 spiro atoms. The first-order valence-corrected chi connectivity index (χ1v) is 6.15. The summed E-state index contributed by atoms with van der Waals surface area (Å²) in [6.45, 7) is 8.37. The van der Waals surface area contributed by atoms with Crippen molar-refractivity contribution < 1.29 is 0 Å². The molecule has 2 heteroatoms. The minimum absolute atomic E-state index is 0.104. The van der Waals surface area contributed by atoms with Crippen LogP contribution in [0.1, 0.15) is 45.2 Å². The number of nitrogens with zero attached hydrogens (tertiary/aromatic N) is 1. The van der Waals surface area contributed by atoms with E-state index in [2.05, 4.69) is 26.0 Å². The lowest BCUT2D eigenvalue weighted by atomic mass is 10.00. The van der Waals surface area contributed by atoms with Crippen LogP contribution in [0.5, 0.6) is 0 Å². The summed E-state index contributed by atoms with van der Waals surface area (Å²) in [4.78, 5) is 12.2. The van der Waals surface area contributed by atoms with Crippen LogP contribution in [0.25, 0.3) is 10.8 Å². The molecule has 0 amide bonds. The van der Waals surface area contributed by atoms with Crippen molar-refractivity contribution in [3.05, 3.63) is 46.4 Å². The number of rotatable bonds is 2. The van der Waals surface area contributed by atoms with Crippen molar-refractivity contribution in [1.82, 2.24) is 4.57 Å². The molecule has 1 heterocycles. The molecule has 17 heavy (non-hydrogen) atoms. The molecule has 1 aromatic heterocycles. The molecule has 0 radical (unpaired) electrons. The normalized spacial score (nSPS) is 11.6. The first-order valence-electron chi connectivity index (χ1n) is 6.15. The fourth-order valence-corrected chi connectivity index (χ4v) is 2.05. The van der Waals surface area contributed by atoms with Crippen molar-refractivity contribution in [2.24, 2.45) is 0 Å². The van der Waals surface area contributed by atoms with Crippen LogP contribution < -0.4 is 5.56 Å². The summed E-state index contributed by atoms with van der Waals surface area (Å²) in [6, 6.07) is 8.36. The zero-order valence-electron chi connectivity index (χ0n) is 10.9. The van der Waals surface area contributed by atoms with Crippen LogP contribution in [-0.2, 0) is 0 Å². The zero-order valence-corrected chi connectivity index (χ0v) is 10.9. The molecule has 0 unspecified atom stereocenters. The molecule has 1 aromatic carbocycles. The third kappa shape index (κ3) is 2.12. The first-order chi connectivity index (χ1) is 8.00. The molecule has 0 aliphatic carbocycles. The number of fused-ring (bicyclic) bond motifs is 1. The maximum atomic E-state index is 12.2. The Hall–Kier alpha value is -1.57. The van der Waals surface area contributed by atoms with E-state index in [4.69, 9.17) is 0 Å². The zero-order chi connectivity index (χ0) is 12.6. The van der Waals surface area contributed by atoms with Gasteiger partial charge in [-0.3, -0.25) is 4.79 Å². The van der Waals surface area contributed by atoms with Gasteiger partial charge in [0.05, 0.1) is 0 Å². The number of pyridine rings is 1. The Morgan fingerprint density at radius 1 is 1.06 bits per heavy atom. The second kappa shape index (κ2) is 4.36. The maximum Gasteiger partial charge on any atom is 0.258 e. The second-order valence-electron chi connectivity index (χ2n) is 5.12. The van der Waals surface area contributed by atoms with Crippen LogP contribution in [0.15, 0.2) is 35.3 Å². The van der Waals surface area contributed by atoms with E-state index >= 15 is 0 Å². The van der Waals surface area contributed by atoms with Crippen molar-refractivity contribution in [2.45, 2.75) is 39.7 Å². The number of benzene rings is 1. The Bertz CT molecular complexity index is 593. The van der Waals surface area contributed by atoms with E-state index in [0.717, 1.165) is 10.8 Å². The average molecular weight is 229 g/mol. The Morgan fingerprint density at radius 2 is 1.76 bits per heavy atom. The number of hydrogen-bond donors (Lipinski definition) is 0. The van der Waals surface area contributed by atoms with Crippen LogP contribution in [0.3, 0.4) is 0 Å². The maximum absolute atomic E-state index is 12.2. The third-order valence-electron chi connectivity index (χ3n) is 3.18. The van der Waals surface area contributed by atoms with Crippen molar-refractivity contribution >= 4 is 10.8 Å². The van der Waals surface area contributed by atoms with E-state index in [9.17, 15) is 4.79 Å². The monoisotopic (exact) mass is 229 g/mol. The summed E-state index contributed by atoms with van der Waals surface area (Å²) >= 11 is 0. The molecule has 2 nitrogen and oxygen atoms in total. The average Bonchev–Trinajstić information content (AvgIpc) is 2.28. The smallest absolute Gasteiger partial charge is 0.258 e. The molecule has 0 aliphatic rings. The van der Waals surface area contributed by atoms with Gasteiger partial charge in [-0.15, -0.1) is 0 Å². The van der Waals surface area contributed by atoms with Gasteiger partial charge in [0.2, 0.25) is 0 Å². The highest BCUT2D eigenvalue weighted by atomic mass is 16.1. The van der Waals surface area contributed by atoms with Gasteiger partial charge >= 0.3 is 0 Å². The lowest BCUT2D eigenvalue weighted by Gasteiger charge is -2.12. The van der Waals surface area contributed by atoms with E-state index < -0.39 is 0 Å². The molecule has 0 atom stereocenters. The highest BCUT2D eigenvalue weighted by Crippen LogP contribution is 2.19. The Labute approximate surface area is 102 Å². The molecule has 0 aliphatic heterocycles. The molecule has 0 bridgehead atoms. The number of hydrogen-bond acceptors (Lipinski definition) is 1. The van der Waals surface area contributed by atoms with E-state index in [1.807, 2.05) is 32.2 Å². The van der Waals surface area contributed by atoms with Gasteiger partial charge in [-0.05, 0) is 42.8 Å². The molecular formula is C15H19NO. The van der Waals surface area contributed by atoms with Gasteiger partial charge in [-0.1, -0.05) is 26.0 Å². The Balaban J connectivity index is 2.69. The minimum Gasteiger partial charge on any atom is -0.312 e. The van der Waals surface area contributed by atoms with Crippen molar-refractivity contribution in [3.63, 3.8) is 0 Å². The standard InChI is InChI=1S/C15H19NO/c1-10(2)12-5-6-14-13(9-12)7-8-16(11(3)4)15(14)17/h5-11H,1-4H3. The lowest BCUT2D eigenvalue weighted by molar-refractivity contribution is 0.582. The molecule has 90 valence electrons. The predicted molar refractivity (Wildman–Crippen MR) is 72.7 cm³/mol. The summed E-state index contributed by atoms with van der Waals surface area (Å²) in [5.41, 5.74) is 1.38. The van der Waals surface area contributed by atoms with Gasteiger partial charge in [0.25, 0.3) is 5.56 Å². The van der Waals surface area contributed by atoms with Gasteiger partial charge in [0.15, 0.2) is 0 Å². The van der Waals surface area contributed by atoms with Crippen LogP contribution in [0.2, 0.25) is 0 Å². The summed E-state index contributed by atoms with van der Waals surface area (Å²) in [5.74, 6) is 0.493. The molecule has 0 N–H and O–H groups in total. The van der Waals surface area contributed by atoms with E-state index in [-0.39, 0.29) is 11.6 Å². The molecule has 0 saturated carbocycles. The summed E-state index contributed by atoms with van der Waals surface area (Å²) in [6.07, 6.45) is 1.89. The van der Waals surface area contributed by atoms with Crippen LogP contribution in [-0.4, -0.2) is 4.57 Å². The highest BCUT2D eigenvalue weighted by Gasteiger charge is 2.07. The fourth-order valence-electron chi connectivity index (χ4n) is 2.05. The lowest BCUT2D eigenvalue weighted by Crippen LogP contribution is -2.21. The van der Waals surface area contributed by atoms with Crippen LogP contribution >= 0.6 is 0 Å². The van der Waals surface area contributed by atoms with E-state index in [1.165, 1.54) is 5.56 Å². The molecular weight excluding hydrogens is 210 g/mol. The van der Waals surface area contributed by atoms with Gasteiger partial charge in [0, 0.05) is 17.6 Å². The fraction of sp³-hybridized carbons (Fsp3) is 0.400. The Morgan fingerprint density at radius 3 is 2.35 bits per heavy atom. The van der Waals surface area contributed by atoms with Gasteiger partial charge in [-0.25, -0.2) is 0 Å².